The molecule has 0 aliphatic rings. The van der Waals surface area contributed by atoms with Crippen LogP contribution in [0.3, 0.4) is 0 Å². The molecule has 1 rings (SSSR count). The Kier molecular flexibility index (Phi) is 5.94. The van der Waals surface area contributed by atoms with E-state index >= 15 is 0 Å². The van der Waals surface area contributed by atoms with Gasteiger partial charge in [-0.15, -0.1) is 0 Å². The first-order valence-corrected chi connectivity index (χ1v) is 7.05. The average molecular weight is 345 g/mol. The number of rotatable bonds is 6. The molecule has 2 unspecified atom stereocenters. The molecule has 7 heteroatoms. The number of carbonyl (C=O) groups excluding carboxylic acids is 1. The number of carbonyl (C=O) groups is 1. The number of ether oxygens (including phenoxy) is 1. The lowest BCUT2D eigenvalue weighted by molar-refractivity contribution is -0.385. The molecule has 20 heavy (non-hydrogen) atoms. The standard InChI is InChI=1S/C13H17BrN2O4/c1-4-8(2)15-13(17)9(3)20-12-7-10(16(18)19)5-6-11(12)14/h5-9H,4H2,1-3H3,(H,15,17). The van der Waals surface area contributed by atoms with Crippen molar-refractivity contribution in [3.05, 3.63) is 32.8 Å². The lowest BCUT2D eigenvalue weighted by atomic mass is 10.2. The van der Waals surface area contributed by atoms with Crippen molar-refractivity contribution >= 4 is 27.5 Å². The van der Waals surface area contributed by atoms with E-state index in [9.17, 15) is 14.9 Å². The molecule has 0 fully saturated rings. The summed E-state index contributed by atoms with van der Waals surface area (Å²) in [6.07, 6.45) is 0.0844. The van der Waals surface area contributed by atoms with Gasteiger partial charge in [0.25, 0.3) is 11.6 Å². The third-order valence-electron chi connectivity index (χ3n) is 2.80. The molecule has 1 amide bonds. The number of nitro benzene ring substituents is 1. The van der Waals surface area contributed by atoms with Gasteiger partial charge in [0, 0.05) is 12.1 Å². The highest BCUT2D eigenvalue weighted by atomic mass is 79.9. The van der Waals surface area contributed by atoms with Gasteiger partial charge in [0.05, 0.1) is 15.5 Å². The van der Waals surface area contributed by atoms with E-state index in [1.165, 1.54) is 18.2 Å². The Morgan fingerprint density at radius 1 is 1.50 bits per heavy atom. The number of benzene rings is 1. The molecule has 0 aromatic heterocycles. The van der Waals surface area contributed by atoms with Crippen LogP contribution in [-0.2, 0) is 4.79 Å². The number of nitrogens with one attached hydrogen (secondary N) is 1. The van der Waals surface area contributed by atoms with Crippen molar-refractivity contribution in [3.8, 4) is 5.75 Å². The maximum Gasteiger partial charge on any atom is 0.273 e. The van der Waals surface area contributed by atoms with Crippen LogP contribution in [0.5, 0.6) is 5.75 Å². The van der Waals surface area contributed by atoms with E-state index in [1.54, 1.807) is 6.92 Å². The number of hydrogen-bond donors (Lipinski definition) is 1. The third-order valence-corrected chi connectivity index (χ3v) is 3.45. The second-order valence-corrected chi connectivity index (χ2v) is 5.30. The van der Waals surface area contributed by atoms with Crippen molar-refractivity contribution < 1.29 is 14.5 Å². The summed E-state index contributed by atoms with van der Waals surface area (Å²) < 4.78 is 6.04. The number of non-ortho nitro benzene ring substituents is 1. The number of nitrogens with zero attached hydrogens (tertiary/aromatic N) is 1. The predicted molar refractivity (Wildman–Crippen MR) is 78.8 cm³/mol. The van der Waals surface area contributed by atoms with Gasteiger partial charge >= 0.3 is 0 Å². The molecule has 1 aromatic rings. The minimum Gasteiger partial charge on any atom is -0.479 e. The molecular weight excluding hydrogens is 328 g/mol. The van der Waals surface area contributed by atoms with Crippen molar-refractivity contribution in [2.24, 2.45) is 0 Å². The minimum absolute atomic E-state index is 0.0575. The summed E-state index contributed by atoms with van der Waals surface area (Å²) in [7, 11) is 0. The monoisotopic (exact) mass is 344 g/mol. The van der Waals surface area contributed by atoms with E-state index in [4.69, 9.17) is 4.74 Å². The molecule has 0 radical (unpaired) electrons. The zero-order valence-corrected chi connectivity index (χ0v) is 13.1. The van der Waals surface area contributed by atoms with E-state index < -0.39 is 11.0 Å². The van der Waals surface area contributed by atoms with Crippen molar-refractivity contribution in [1.29, 1.82) is 0 Å². The average Bonchev–Trinajstić information content (AvgIpc) is 2.40. The van der Waals surface area contributed by atoms with Crippen LogP contribution in [0.1, 0.15) is 27.2 Å². The molecule has 1 N–H and O–H groups in total. The zero-order chi connectivity index (χ0) is 15.3. The van der Waals surface area contributed by atoms with Crippen LogP contribution < -0.4 is 10.1 Å². The molecule has 0 aliphatic heterocycles. The minimum atomic E-state index is -0.734. The first kappa shape index (κ1) is 16.4. The highest BCUT2D eigenvalue weighted by Crippen LogP contribution is 2.30. The van der Waals surface area contributed by atoms with Gasteiger partial charge in [-0.25, -0.2) is 0 Å². The summed E-state index contributed by atoms with van der Waals surface area (Å²) in [5.41, 5.74) is -0.0854. The maximum absolute atomic E-state index is 11.9. The first-order valence-electron chi connectivity index (χ1n) is 6.26. The van der Waals surface area contributed by atoms with E-state index in [0.29, 0.717) is 4.47 Å². The number of nitro groups is 1. The first-order chi connectivity index (χ1) is 9.35. The van der Waals surface area contributed by atoms with Gasteiger partial charge in [-0.1, -0.05) is 6.92 Å². The Balaban J connectivity index is 2.79. The molecule has 2 atom stereocenters. The van der Waals surface area contributed by atoms with E-state index in [1.807, 2.05) is 13.8 Å². The Bertz CT molecular complexity index is 507. The van der Waals surface area contributed by atoms with Crippen molar-refractivity contribution in [2.75, 3.05) is 0 Å². The van der Waals surface area contributed by atoms with Gasteiger partial charge in [0.2, 0.25) is 0 Å². The van der Waals surface area contributed by atoms with Crippen LogP contribution in [0.2, 0.25) is 0 Å². The summed E-state index contributed by atoms with van der Waals surface area (Å²) >= 11 is 3.24. The van der Waals surface area contributed by atoms with Gasteiger partial charge in [-0.2, -0.15) is 0 Å². The van der Waals surface area contributed by atoms with E-state index in [-0.39, 0.29) is 23.4 Å². The van der Waals surface area contributed by atoms with Crippen LogP contribution in [0.15, 0.2) is 22.7 Å². The fraction of sp³-hybridized carbons (Fsp3) is 0.462. The molecular formula is C13H17BrN2O4. The molecule has 0 saturated carbocycles. The molecule has 0 spiro atoms. The summed E-state index contributed by atoms with van der Waals surface area (Å²) in [6, 6.07) is 4.23. The zero-order valence-electron chi connectivity index (χ0n) is 11.6. The number of hydrogen-bond acceptors (Lipinski definition) is 4. The molecule has 0 aliphatic carbocycles. The van der Waals surface area contributed by atoms with Gasteiger partial charge < -0.3 is 10.1 Å². The smallest absolute Gasteiger partial charge is 0.273 e. The highest BCUT2D eigenvalue weighted by molar-refractivity contribution is 9.10. The lowest BCUT2D eigenvalue weighted by Gasteiger charge is -2.18. The Morgan fingerprint density at radius 3 is 2.70 bits per heavy atom. The SMILES string of the molecule is CCC(C)NC(=O)C(C)Oc1cc([N+](=O)[O-])ccc1Br. The molecule has 110 valence electrons. The Morgan fingerprint density at radius 2 is 2.15 bits per heavy atom. The van der Waals surface area contributed by atoms with E-state index in [0.717, 1.165) is 6.42 Å². The molecule has 1 aromatic carbocycles. The Labute approximate surface area is 125 Å². The predicted octanol–water partition coefficient (Wildman–Crippen LogP) is 3.04. The van der Waals surface area contributed by atoms with Crippen LogP contribution >= 0.6 is 15.9 Å². The summed E-state index contributed by atoms with van der Waals surface area (Å²) in [5.74, 6) is 0.0174. The number of amides is 1. The van der Waals surface area contributed by atoms with Crippen molar-refractivity contribution in [1.82, 2.24) is 5.32 Å². The fourth-order valence-corrected chi connectivity index (χ4v) is 1.74. The summed E-state index contributed by atoms with van der Waals surface area (Å²) in [4.78, 5) is 22.1. The van der Waals surface area contributed by atoms with Crippen LogP contribution in [0, 0.1) is 10.1 Å². The maximum atomic E-state index is 11.9. The normalized spacial score (nSPS) is 13.4. The van der Waals surface area contributed by atoms with Crippen molar-refractivity contribution in [2.45, 2.75) is 39.3 Å². The second kappa shape index (κ2) is 7.23. The highest BCUT2D eigenvalue weighted by Gasteiger charge is 2.19. The topological polar surface area (TPSA) is 81.5 Å². The van der Waals surface area contributed by atoms with Crippen LogP contribution in [0.4, 0.5) is 5.69 Å². The molecule has 0 bridgehead atoms. The largest absolute Gasteiger partial charge is 0.479 e. The second-order valence-electron chi connectivity index (χ2n) is 4.45. The van der Waals surface area contributed by atoms with Gasteiger partial charge in [-0.05, 0) is 42.3 Å². The molecule has 6 nitrogen and oxygen atoms in total. The third kappa shape index (κ3) is 4.48. The van der Waals surface area contributed by atoms with Gasteiger partial charge in [0.15, 0.2) is 6.10 Å². The van der Waals surface area contributed by atoms with Gasteiger partial charge in [0.1, 0.15) is 5.75 Å². The quantitative estimate of drug-likeness (QED) is 0.635. The van der Waals surface area contributed by atoms with Crippen LogP contribution in [-0.4, -0.2) is 23.0 Å². The lowest BCUT2D eigenvalue weighted by Crippen LogP contribution is -2.41. The molecule has 0 saturated heterocycles. The van der Waals surface area contributed by atoms with Gasteiger partial charge in [-0.3, -0.25) is 14.9 Å². The Hall–Kier alpha value is -1.63. The van der Waals surface area contributed by atoms with E-state index in [2.05, 4.69) is 21.2 Å². The number of halogens is 1. The molecule has 0 heterocycles. The van der Waals surface area contributed by atoms with Crippen molar-refractivity contribution in [3.63, 3.8) is 0 Å². The summed E-state index contributed by atoms with van der Waals surface area (Å²) in [5, 5.41) is 13.5. The fourth-order valence-electron chi connectivity index (χ4n) is 1.40. The summed E-state index contributed by atoms with van der Waals surface area (Å²) in [6.45, 7) is 5.46. The van der Waals surface area contributed by atoms with Crippen LogP contribution in [0.25, 0.3) is 0 Å².